The van der Waals surface area contributed by atoms with Gasteiger partial charge in [-0.05, 0) is 41.2 Å². The van der Waals surface area contributed by atoms with Crippen molar-refractivity contribution in [3.8, 4) is 0 Å². The van der Waals surface area contributed by atoms with Crippen molar-refractivity contribution in [3.05, 3.63) is 77.4 Å². The summed E-state index contributed by atoms with van der Waals surface area (Å²) in [5, 5.41) is 2.95. The van der Waals surface area contributed by atoms with Crippen LogP contribution in [0.15, 0.2) is 60.7 Å². The number of carbonyl (C=O) groups is 1. The van der Waals surface area contributed by atoms with Crippen LogP contribution >= 0.6 is 0 Å². The number of amides is 1. The van der Waals surface area contributed by atoms with Crippen molar-refractivity contribution in [1.29, 1.82) is 0 Å². The summed E-state index contributed by atoms with van der Waals surface area (Å²) in [5.41, 5.74) is 4.32. The van der Waals surface area contributed by atoms with Gasteiger partial charge in [0.1, 0.15) is 0 Å². The van der Waals surface area contributed by atoms with Crippen LogP contribution in [0.25, 0.3) is 5.57 Å². The molecule has 0 bridgehead atoms. The molecule has 1 N–H and O–H groups in total. The van der Waals surface area contributed by atoms with Gasteiger partial charge < -0.3 is 5.32 Å². The zero-order chi connectivity index (χ0) is 16.9. The Morgan fingerprint density at radius 2 is 1.52 bits per heavy atom. The fraction of sp³-hybridized carbons (Fsp3) is 0.286. The van der Waals surface area contributed by atoms with Gasteiger partial charge in [0.2, 0.25) is 0 Å². The molecule has 0 heterocycles. The second-order valence-electron chi connectivity index (χ2n) is 6.94. The van der Waals surface area contributed by atoms with Crippen LogP contribution in [0.4, 0.5) is 0 Å². The lowest BCUT2D eigenvalue weighted by Gasteiger charge is -2.14. The molecule has 2 rings (SSSR count). The Morgan fingerprint density at radius 1 is 0.957 bits per heavy atom. The summed E-state index contributed by atoms with van der Waals surface area (Å²) in [7, 11) is 0. The van der Waals surface area contributed by atoms with E-state index in [1.54, 1.807) is 0 Å². The first-order valence-corrected chi connectivity index (χ1v) is 7.97. The largest absolute Gasteiger partial charge is 0.348 e. The van der Waals surface area contributed by atoms with Gasteiger partial charge in [0.15, 0.2) is 0 Å². The van der Waals surface area contributed by atoms with Crippen LogP contribution in [0.3, 0.4) is 0 Å². The number of hydrogen-bond donors (Lipinski definition) is 1. The summed E-state index contributed by atoms with van der Waals surface area (Å²) in [4.78, 5) is 12.2. The van der Waals surface area contributed by atoms with Gasteiger partial charge >= 0.3 is 0 Å². The SMILES string of the molecule is C/C(=C\C(C)(C)C)c1ccc(C(=O)NCc2ccccc2)cc1. The summed E-state index contributed by atoms with van der Waals surface area (Å²) in [6, 6.07) is 17.7. The minimum absolute atomic E-state index is 0.0437. The molecule has 0 spiro atoms. The molecule has 23 heavy (non-hydrogen) atoms. The molecule has 2 aromatic rings. The lowest BCUT2D eigenvalue weighted by atomic mass is 9.91. The molecule has 0 unspecified atom stereocenters. The topological polar surface area (TPSA) is 29.1 Å². The van der Waals surface area contributed by atoms with Crippen molar-refractivity contribution in [2.45, 2.75) is 34.2 Å². The Morgan fingerprint density at radius 3 is 2.09 bits per heavy atom. The molecular formula is C21H25NO. The van der Waals surface area contributed by atoms with E-state index in [4.69, 9.17) is 0 Å². The highest BCUT2D eigenvalue weighted by atomic mass is 16.1. The summed E-state index contributed by atoms with van der Waals surface area (Å²) < 4.78 is 0. The van der Waals surface area contributed by atoms with E-state index in [9.17, 15) is 4.79 Å². The van der Waals surface area contributed by atoms with Gasteiger partial charge in [-0.25, -0.2) is 0 Å². The van der Waals surface area contributed by atoms with Crippen LogP contribution in [0.5, 0.6) is 0 Å². The van der Waals surface area contributed by atoms with E-state index < -0.39 is 0 Å². The summed E-state index contributed by atoms with van der Waals surface area (Å²) in [6.07, 6.45) is 2.25. The van der Waals surface area contributed by atoms with E-state index in [1.807, 2.05) is 54.6 Å². The molecule has 1 amide bonds. The average molecular weight is 307 g/mol. The smallest absolute Gasteiger partial charge is 0.251 e. The van der Waals surface area contributed by atoms with E-state index in [-0.39, 0.29) is 11.3 Å². The van der Waals surface area contributed by atoms with Gasteiger partial charge in [0, 0.05) is 12.1 Å². The lowest BCUT2D eigenvalue weighted by molar-refractivity contribution is 0.0951. The number of carbonyl (C=O) groups excluding carboxylic acids is 1. The van der Waals surface area contributed by atoms with Gasteiger partial charge in [-0.2, -0.15) is 0 Å². The van der Waals surface area contributed by atoms with E-state index >= 15 is 0 Å². The number of hydrogen-bond acceptors (Lipinski definition) is 1. The zero-order valence-corrected chi connectivity index (χ0v) is 14.4. The van der Waals surface area contributed by atoms with Crippen LogP contribution in [-0.4, -0.2) is 5.91 Å². The average Bonchev–Trinajstić information content (AvgIpc) is 2.52. The van der Waals surface area contributed by atoms with Crippen LogP contribution in [0, 0.1) is 5.41 Å². The summed E-state index contributed by atoms with van der Waals surface area (Å²) >= 11 is 0. The number of allylic oxidation sites excluding steroid dienone is 2. The lowest BCUT2D eigenvalue weighted by Crippen LogP contribution is -2.22. The minimum atomic E-state index is -0.0437. The van der Waals surface area contributed by atoms with E-state index in [1.165, 1.54) is 5.57 Å². The number of nitrogens with one attached hydrogen (secondary N) is 1. The Kier molecular flexibility index (Phi) is 5.38. The zero-order valence-electron chi connectivity index (χ0n) is 14.4. The standard InChI is InChI=1S/C21H25NO/c1-16(14-21(2,3)4)18-10-12-19(13-11-18)20(23)22-15-17-8-6-5-7-9-17/h5-14H,15H2,1-4H3,(H,22,23)/b16-14+. The first kappa shape index (κ1) is 17.0. The van der Waals surface area contributed by atoms with Crippen LogP contribution < -0.4 is 5.32 Å². The van der Waals surface area contributed by atoms with Crippen LogP contribution in [0.1, 0.15) is 49.2 Å². The molecular weight excluding hydrogens is 282 g/mol. The summed E-state index contributed by atoms with van der Waals surface area (Å²) in [5.74, 6) is -0.0437. The molecule has 0 saturated heterocycles. The van der Waals surface area contributed by atoms with Crippen molar-refractivity contribution in [1.82, 2.24) is 5.32 Å². The Bertz CT molecular complexity index is 676. The second-order valence-corrected chi connectivity index (χ2v) is 6.94. The normalized spacial score (nSPS) is 12.1. The van der Waals surface area contributed by atoms with Gasteiger partial charge in [0.25, 0.3) is 5.91 Å². The molecule has 2 heteroatoms. The molecule has 0 aromatic heterocycles. The maximum absolute atomic E-state index is 12.2. The van der Waals surface area contributed by atoms with E-state index in [2.05, 4.69) is 39.1 Å². The molecule has 0 aliphatic carbocycles. The summed E-state index contributed by atoms with van der Waals surface area (Å²) in [6.45, 7) is 9.20. The molecule has 2 aromatic carbocycles. The molecule has 2 nitrogen and oxygen atoms in total. The van der Waals surface area contributed by atoms with Crippen molar-refractivity contribution in [2.75, 3.05) is 0 Å². The third-order valence-electron chi connectivity index (χ3n) is 3.55. The predicted molar refractivity (Wildman–Crippen MR) is 97.2 cm³/mol. The van der Waals surface area contributed by atoms with Gasteiger partial charge in [-0.1, -0.05) is 69.3 Å². The van der Waals surface area contributed by atoms with Crippen LogP contribution in [0.2, 0.25) is 0 Å². The number of rotatable bonds is 4. The minimum Gasteiger partial charge on any atom is -0.348 e. The van der Waals surface area contributed by atoms with Gasteiger partial charge in [-0.15, -0.1) is 0 Å². The Hall–Kier alpha value is -2.35. The first-order chi connectivity index (χ1) is 10.8. The van der Waals surface area contributed by atoms with Gasteiger partial charge in [-0.3, -0.25) is 4.79 Å². The maximum Gasteiger partial charge on any atom is 0.251 e. The third kappa shape index (κ3) is 5.41. The van der Waals surface area contributed by atoms with E-state index in [0.717, 1.165) is 11.1 Å². The molecule has 120 valence electrons. The monoisotopic (exact) mass is 307 g/mol. The second kappa shape index (κ2) is 7.28. The highest BCUT2D eigenvalue weighted by Crippen LogP contribution is 2.23. The molecule has 0 fully saturated rings. The highest BCUT2D eigenvalue weighted by Gasteiger charge is 2.09. The Balaban J connectivity index is 2.02. The molecule has 0 aliphatic rings. The molecule has 0 saturated carbocycles. The first-order valence-electron chi connectivity index (χ1n) is 7.97. The van der Waals surface area contributed by atoms with Crippen molar-refractivity contribution < 1.29 is 4.79 Å². The fourth-order valence-corrected chi connectivity index (χ4v) is 2.50. The van der Waals surface area contributed by atoms with Gasteiger partial charge in [0.05, 0.1) is 0 Å². The molecule has 0 radical (unpaired) electrons. The predicted octanol–water partition coefficient (Wildman–Crippen LogP) is 5.07. The highest BCUT2D eigenvalue weighted by molar-refractivity contribution is 5.94. The fourth-order valence-electron chi connectivity index (χ4n) is 2.50. The Labute approximate surface area is 139 Å². The maximum atomic E-state index is 12.2. The number of benzene rings is 2. The van der Waals surface area contributed by atoms with Crippen molar-refractivity contribution >= 4 is 11.5 Å². The van der Waals surface area contributed by atoms with Crippen molar-refractivity contribution in [3.63, 3.8) is 0 Å². The molecule has 0 aliphatic heterocycles. The quantitative estimate of drug-likeness (QED) is 0.840. The van der Waals surface area contributed by atoms with Crippen molar-refractivity contribution in [2.24, 2.45) is 5.41 Å². The van der Waals surface area contributed by atoms with E-state index in [0.29, 0.717) is 12.1 Å². The third-order valence-corrected chi connectivity index (χ3v) is 3.55. The molecule has 0 atom stereocenters. The van der Waals surface area contributed by atoms with Crippen LogP contribution in [-0.2, 0) is 6.54 Å².